The van der Waals surface area contributed by atoms with Crippen LogP contribution in [0, 0.1) is 0 Å². The number of rotatable bonds is 6. The van der Waals surface area contributed by atoms with Gasteiger partial charge in [0.05, 0.1) is 19.6 Å². The molecule has 0 fully saturated rings. The van der Waals surface area contributed by atoms with Crippen molar-refractivity contribution in [3.05, 3.63) is 54.0 Å². The van der Waals surface area contributed by atoms with Crippen molar-refractivity contribution >= 4 is 5.91 Å². The minimum absolute atomic E-state index is 0.341. The zero-order chi connectivity index (χ0) is 15.2. The second kappa shape index (κ2) is 6.95. The molecule has 0 bridgehead atoms. The van der Waals surface area contributed by atoms with E-state index < -0.39 is 6.10 Å². The SMILES string of the molecule is CCN(Cc1ccoc1)C(=O)C(O)c1cccc(OC)c1. The summed E-state index contributed by atoms with van der Waals surface area (Å²) in [5.74, 6) is 0.268. The first-order valence-electron chi connectivity index (χ1n) is 6.77. The van der Waals surface area contributed by atoms with Gasteiger partial charge in [0, 0.05) is 18.7 Å². The maximum Gasteiger partial charge on any atom is 0.256 e. The molecule has 1 aromatic heterocycles. The number of nitrogens with zero attached hydrogens (tertiary/aromatic N) is 1. The first-order chi connectivity index (χ1) is 10.2. The number of ether oxygens (including phenoxy) is 1. The number of likely N-dealkylation sites (N-methyl/N-ethyl adjacent to an activating group) is 1. The standard InChI is InChI=1S/C16H19NO4/c1-3-17(10-12-7-8-21-11-12)16(19)15(18)13-5-4-6-14(9-13)20-2/h4-9,11,15,18H,3,10H2,1-2H3. The Labute approximate surface area is 123 Å². The molecule has 0 spiro atoms. The molecule has 0 aliphatic carbocycles. The Morgan fingerprint density at radius 2 is 2.24 bits per heavy atom. The van der Waals surface area contributed by atoms with Gasteiger partial charge in [0.15, 0.2) is 6.10 Å². The second-order valence-electron chi connectivity index (χ2n) is 4.66. The number of amides is 1. The average Bonchev–Trinajstić information content (AvgIpc) is 3.04. The van der Waals surface area contributed by atoms with E-state index in [1.54, 1.807) is 54.9 Å². The van der Waals surface area contributed by atoms with E-state index in [0.717, 1.165) is 5.56 Å². The zero-order valence-corrected chi connectivity index (χ0v) is 12.2. The summed E-state index contributed by atoms with van der Waals surface area (Å²) in [5, 5.41) is 10.3. The molecule has 0 saturated heterocycles. The quantitative estimate of drug-likeness (QED) is 0.886. The lowest BCUT2D eigenvalue weighted by Crippen LogP contribution is -2.34. The molecule has 0 radical (unpaired) electrons. The van der Waals surface area contributed by atoms with Gasteiger partial charge in [-0.25, -0.2) is 0 Å². The summed E-state index contributed by atoms with van der Waals surface area (Å²) >= 11 is 0. The Bertz CT molecular complexity index is 580. The van der Waals surface area contributed by atoms with Gasteiger partial charge < -0.3 is 19.2 Å². The molecule has 5 heteroatoms. The van der Waals surface area contributed by atoms with Crippen molar-refractivity contribution in [3.63, 3.8) is 0 Å². The van der Waals surface area contributed by atoms with E-state index in [2.05, 4.69) is 0 Å². The van der Waals surface area contributed by atoms with Crippen molar-refractivity contribution in [1.29, 1.82) is 0 Å². The molecule has 0 aliphatic rings. The van der Waals surface area contributed by atoms with Crippen LogP contribution in [0.4, 0.5) is 0 Å². The van der Waals surface area contributed by atoms with Crippen molar-refractivity contribution in [3.8, 4) is 5.75 Å². The number of carbonyl (C=O) groups excluding carboxylic acids is 1. The van der Waals surface area contributed by atoms with Crippen LogP contribution in [0.25, 0.3) is 0 Å². The Morgan fingerprint density at radius 3 is 2.86 bits per heavy atom. The summed E-state index contributed by atoms with van der Waals surface area (Å²) in [6, 6.07) is 8.68. The molecule has 1 unspecified atom stereocenters. The van der Waals surface area contributed by atoms with Crippen LogP contribution in [0.1, 0.15) is 24.2 Å². The van der Waals surface area contributed by atoms with E-state index in [1.165, 1.54) is 0 Å². The lowest BCUT2D eigenvalue weighted by molar-refractivity contribution is -0.141. The fourth-order valence-electron chi connectivity index (χ4n) is 2.08. The number of hydrogen-bond donors (Lipinski definition) is 1. The highest BCUT2D eigenvalue weighted by Gasteiger charge is 2.23. The number of aliphatic hydroxyl groups is 1. The maximum absolute atomic E-state index is 12.4. The maximum atomic E-state index is 12.4. The van der Waals surface area contributed by atoms with Crippen LogP contribution in [-0.2, 0) is 11.3 Å². The molecule has 1 amide bonds. The smallest absolute Gasteiger partial charge is 0.256 e. The van der Waals surface area contributed by atoms with E-state index in [4.69, 9.17) is 9.15 Å². The molecule has 5 nitrogen and oxygen atoms in total. The number of hydrogen-bond acceptors (Lipinski definition) is 4. The third kappa shape index (κ3) is 3.64. The van der Waals surface area contributed by atoms with Gasteiger partial charge in [-0.3, -0.25) is 4.79 Å². The molecule has 1 heterocycles. The second-order valence-corrected chi connectivity index (χ2v) is 4.66. The van der Waals surface area contributed by atoms with Crippen molar-refractivity contribution in [2.45, 2.75) is 19.6 Å². The van der Waals surface area contributed by atoms with Crippen LogP contribution in [-0.4, -0.2) is 29.6 Å². The Balaban J connectivity index is 2.12. The normalized spacial score (nSPS) is 12.0. The largest absolute Gasteiger partial charge is 0.497 e. The summed E-state index contributed by atoms with van der Waals surface area (Å²) in [7, 11) is 1.55. The number of methoxy groups -OCH3 is 1. The predicted molar refractivity (Wildman–Crippen MR) is 77.8 cm³/mol. The van der Waals surface area contributed by atoms with Gasteiger partial charge >= 0.3 is 0 Å². The van der Waals surface area contributed by atoms with Gasteiger partial charge in [-0.15, -0.1) is 0 Å². The Hall–Kier alpha value is -2.27. The highest BCUT2D eigenvalue weighted by Crippen LogP contribution is 2.21. The van der Waals surface area contributed by atoms with Crippen molar-refractivity contribution in [2.24, 2.45) is 0 Å². The summed E-state index contributed by atoms with van der Waals surface area (Å²) in [5.41, 5.74) is 1.41. The Morgan fingerprint density at radius 1 is 1.43 bits per heavy atom. The molecule has 21 heavy (non-hydrogen) atoms. The van der Waals surface area contributed by atoms with Gasteiger partial charge in [0.1, 0.15) is 5.75 Å². The molecule has 1 atom stereocenters. The molecular weight excluding hydrogens is 270 g/mol. The van der Waals surface area contributed by atoms with Crippen LogP contribution in [0.5, 0.6) is 5.75 Å². The fourth-order valence-corrected chi connectivity index (χ4v) is 2.08. The highest BCUT2D eigenvalue weighted by molar-refractivity contribution is 5.82. The first-order valence-corrected chi connectivity index (χ1v) is 6.77. The number of benzene rings is 1. The fraction of sp³-hybridized carbons (Fsp3) is 0.312. The molecule has 0 saturated carbocycles. The lowest BCUT2D eigenvalue weighted by Gasteiger charge is -2.23. The number of carbonyl (C=O) groups is 1. The summed E-state index contributed by atoms with van der Waals surface area (Å²) < 4.78 is 10.1. The average molecular weight is 289 g/mol. The van der Waals surface area contributed by atoms with Gasteiger partial charge in [0.25, 0.3) is 5.91 Å². The van der Waals surface area contributed by atoms with Gasteiger partial charge in [0.2, 0.25) is 0 Å². The van der Waals surface area contributed by atoms with Crippen LogP contribution >= 0.6 is 0 Å². The molecule has 1 aromatic carbocycles. The topological polar surface area (TPSA) is 62.9 Å². The van der Waals surface area contributed by atoms with Crippen LogP contribution in [0.15, 0.2) is 47.3 Å². The monoisotopic (exact) mass is 289 g/mol. The van der Waals surface area contributed by atoms with Crippen LogP contribution in [0.3, 0.4) is 0 Å². The third-order valence-electron chi connectivity index (χ3n) is 3.29. The van der Waals surface area contributed by atoms with Crippen molar-refractivity contribution in [1.82, 2.24) is 4.90 Å². The minimum atomic E-state index is -1.20. The van der Waals surface area contributed by atoms with E-state index in [0.29, 0.717) is 24.4 Å². The molecule has 0 aliphatic heterocycles. The minimum Gasteiger partial charge on any atom is -0.497 e. The van der Waals surface area contributed by atoms with Gasteiger partial charge in [-0.05, 0) is 30.7 Å². The highest BCUT2D eigenvalue weighted by atomic mass is 16.5. The summed E-state index contributed by atoms with van der Waals surface area (Å²) in [6.45, 7) is 2.79. The zero-order valence-electron chi connectivity index (χ0n) is 12.2. The van der Waals surface area contributed by atoms with Crippen molar-refractivity contribution < 1.29 is 19.1 Å². The molecule has 112 valence electrons. The molecular formula is C16H19NO4. The predicted octanol–water partition coefficient (Wildman–Crippen LogP) is 2.37. The van der Waals surface area contributed by atoms with E-state index >= 15 is 0 Å². The molecule has 1 N–H and O–H groups in total. The lowest BCUT2D eigenvalue weighted by atomic mass is 10.1. The first kappa shape index (κ1) is 15.1. The summed E-state index contributed by atoms with van der Waals surface area (Å²) in [4.78, 5) is 14.0. The van der Waals surface area contributed by atoms with E-state index in [9.17, 15) is 9.90 Å². The van der Waals surface area contributed by atoms with E-state index in [-0.39, 0.29) is 5.91 Å². The number of aliphatic hydroxyl groups excluding tert-OH is 1. The van der Waals surface area contributed by atoms with Gasteiger partial charge in [-0.1, -0.05) is 12.1 Å². The Kier molecular flexibility index (Phi) is 5.00. The molecule has 2 rings (SSSR count). The summed E-state index contributed by atoms with van der Waals surface area (Å²) in [6.07, 6.45) is 1.95. The van der Waals surface area contributed by atoms with E-state index in [1.807, 2.05) is 6.92 Å². The number of furan rings is 1. The van der Waals surface area contributed by atoms with Crippen LogP contribution < -0.4 is 4.74 Å². The van der Waals surface area contributed by atoms with Crippen molar-refractivity contribution in [2.75, 3.05) is 13.7 Å². The molecule has 2 aromatic rings. The third-order valence-corrected chi connectivity index (χ3v) is 3.29. The van der Waals surface area contributed by atoms with Gasteiger partial charge in [-0.2, -0.15) is 0 Å². The van der Waals surface area contributed by atoms with Crippen LogP contribution in [0.2, 0.25) is 0 Å².